The van der Waals surface area contributed by atoms with Crippen molar-refractivity contribution in [2.24, 2.45) is 17.8 Å². The largest absolute Gasteiger partial charge is 0.504 e. The van der Waals surface area contributed by atoms with Gasteiger partial charge in [0.2, 0.25) is 11.8 Å². The highest BCUT2D eigenvalue weighted by molar-refractivity contribution is 6.24. The molecule has 2 aromatic rings. The summed E-state index contributed by atoms with van der Waals surface area (Å²) in [6, 6.07) is 10.4. The van der Waals surface area contributed by atoms with E-state index in [-0.39, 0.29) is 23.8 Å². The van der Waals surface area contributed by atoms with Crippen LogP contribution >= 0.6 is 0 Å². The zero-order chi connectivity index (χ0) is 24.8. The molecule has 180 valence electrons. The SMILES string of the molecule is COc1ccc(N2C(=O)[C@@H]3[C@H](c4cccc(OC)c4O)N[C@@](CC(C)C)(C(=O)O)[C@H]3C2=O)cc1. The molecule has 9 nitrogen and oxygen atoms in total. The van der Waals surface area contributed by atoms with E-state index in [2.05, 4.69) is 5.32 Å². The first-order valence-electron chi connectivity index (χ1n) is 11.0. The maximum absolute atomic E-state index is 13.7. The molecule has 34 heavy (non-hydrogen) atoms. The fraction of sp³-hybridized carbons (Fsp3) is 0.400. The molecular formula is C25H28N2O7. The lowest BCUT2D eigenvalue weighted by Crippen LogP contribution is -2.56. The number of aliphatic carboxylic acids is 1. The van der Waals surface area contributed by atoms with Crippen LogP contribution in [0, 0.1) is 17.8 Å². The molecule has 4 atom stereocenters. The number of benzene rings is 2. The van der Waals surface area contributed by atoms with Gasteiger partial charge in [0.05, 0.1) is 31.7 Å². The van der Waals surface area contributed by atoms with Crippen molar-refractivity contribution in [1.29, 1.82) is 0 Å². The number of anilines is 1. The van der Waals surface area contributed by atoms with Gasteiger partial charge in [-0.3, -0.25) is 19.7 Å². The molecule has 2 amide bonds. The highest BCUT2D eigenvalue weighted by atomic mass is 16.5. The predicted octanol–water partition coefficient (Wildman–Crippen LogP) is 2.73. The minimum atomic E-state index is -1.69. The number of imide groups is 1. The monoisotopic (exact) mass is 468 g/mol. The molecule has 2 aromatic carbocycles. The van der Waals surface area contributed by atoms with Crippen molar-refractivity contribution in [3.8, 4) is 17.2 Å². The lowest BCUT2D eigenvalue weighted by molar-refractivity contribution is -0.149. The Morgan fingerprint density at radius 3 is 2.32 bits per heavy atom. The van der Waals surface area contributed by atoms with Crippen molar-refractivity contribution in [3.63, 3.8) is 0 Å². The van der Waals surface area contributed by atoms with Crippen LogP contribution in [0.1, 0.15) is 31.9 Å². The number of methoxy groups -OCH3 is 2. The first kappa shape index (κ1) is 23.6. The molecule has 0 unspecified atom stereocenters. The number of rotatable bonds is 7. The molecule has 0 aliphatic carbocycles. The van der Waals surface area contributed by atoms with E-state index in [4.69, 9.17) is 9.47 Å². The van der Waals surface area contributed by atoms with Crippen LogP contribution in [0.25, 0.3) is 0 Å². The average Bonchev–Trinajstić information content (AvgIpc) is 3.28. The lowest BCUT2D eigenvalue weighted by atomic mass is 9.75. The van der Waals surface area contributed by atoms with Gasteiger partial charge < -0.3 is 19.7 Å². The lowest BCUT2D eigenvalue weighted by Gasteiger charge is -2.32. The summed E-state index contributed by atoms with van der Waals surface area (Å²) in [6.07, 6.45) is 0.125. The Morgan fingerprint density at radius 1 is 1.09 bits per heavy atom. The number of carbonyl (C=O) groups is 3. The predicted molar refractivity (Wildman–Crippen MR) is 123 cm³/mol. The summed E-state index contributed by atoms with van der Waals surface area (Å²) in [5, 5.41) is 24.3. The van der Waals surface area contributed by atoms with Gasteiger partial charge in [-0.15, -0.1) is 0 Å². The van der Waals surface area contributed by atoms with Crippen molar-refractivity contribution < 1.29 is 34.1 Å². The molecule has 2 aliphatic rings. The molecule has 0 radical (unpaired) electrons. The number of nitrogens with one attached hydrogen (secondary N) is 1. The van der Waals surface area contributed by atoms with E-state index in [0.29, 0.717) is 17.0 Å². The molecule has 2 fully saturated rings. The Hall–Kier alpha value is -3.59. The van der Waals surface area contributed by atoms with Crippen LogP contribution in [0.3, 0.4) is 0 Å². The zero-order valence-corrected chi connectivity index (χ0v) is 19.4. The van der Waals surface area contributed by atoms with E-state index >= 15 is 0 Å². The molecule has 2 heterocycles. The smallest absolute Gasteiger partial charge is 0.324 e. The first-order valence-corrected chi connectivity index (χ1v) is 11.0. The summed E-state index contributed by atoms with van der Waals surface area (Å²) in [7, 11) is 2.91. The highest BCUT2D eigenvalue weighted by Crippen LogP contribution is 2.53. The van der Waals surface area contributed by atoms with E-state index in [1.54, 1.807) is 42.5 Å². The van der Waals surface area contributed by atoms with Crippen molar-refractivity contribution in [2.75, 3.05) is 19.1 Å². The van der Waals surface area contributed by atoms with Gasteiger partial charge >= 0.3 is 5.97 Å². The average molecular weight is 469 g/mol. The van der Waals surface area contributed by atoms with E-state index in [9.17, 15) is 24.6 Å². The van der Waals surface area contributed by atoms with Gasteiger partial charge in [-0.05, 0) is 42.7 Å². The number of hydrogen-bond donors (Lipinski definition) is 3. The number of phenolic OH excluding ortho intramolecular Hbond substituents is 1. The Morgan fingerprint density at radius 2 is 1.76 bits per heavy atom. The van der Waals surface area contributed by atoms with Crippen LogP contribution in [0.5, 0.6) is 17.2 Å². The number of carboxylic acids is 1. The number of hydrogen-bond acceptors (Lipinski definition) is 7. The Kier molecular flexibility index (Phi) is 5.99. The van der Waals surface area contributed by atoms with Crippen molar-refractivity contribution in [3.05, 3.63) is 48.0 Å². The van der Waals surface area contributed by atoms with Gasteiger partial charge in [-0.2, -0.15) is 0 Å². The minimum absolute atomic E-state index is 0.0835. The molecule has 0 aromatic heterocycles. The Labute approximate surface area is 197 Å². The number of phenols is 1. The summed E-state index contributed by atoms with van der Waals surface area (Å²) in [6.45, 7) is 3.72. The number of ether oxygens (including phenoxy) is 2. The normalized spacial score (nSPS) is 26.1. The molecular weight excluding hydrogens is 440 g/mol. The number of amides is 2. The van der Waals surface area contributed by atoms with Gasteiger partial charge in [0.15, 0.2) is 11.5 Å². The molecule has 2 aliphatic heterocycles. The van der Waals surface area contributed by atoms with Crippen LogP contribution in [0.15, 0.2) is 42.5 Å². The van der Waals surface area contributed by atoms with Crippen LogP contribution in [0.2, 0.25) is 0 Å². The molecule has 3 N–H and O–H groups in total. The van der Waals surface area contributed by atoms with Gasteiger partial charge in [0, 0.05) is 11.6 Å². The van der Waals surface area contributed by atoms with E-state index < -0.39 is 41.2 Å². The summed E-state index contributed by atoms with van der Waals surface area (Å²) in [5.74, 6) is -4.03. The Bertz CT molecular complexity index is 1130. The fourth-order valence-corrected chi connectivity index (χ4v) is 5.33. The van der Waals surface area contributed by atoms with Crippen molar-refractivity contribution >= 4 is 23.5 Å². The van der Waals surface area contributed by atoms with Crippen LogP contribution < -0.4 is 19.7 Å². The third-order valence-corrected chi connectivity index (χ3v) is 6.68. The molecule has 2 saturated heterocycles. The Balaban J connectivity index is 1.88. The van der Waals surface area contributed by atoms with Crippen LogP contribution in [0.4, 0.5) is 5.69 Å². The quantitative estimate of drug-likeness (QED) is 0.530. The summed E-state index contributed by atoms with van der Waals surface area (Å²) in [5.41, 5.74) is -1.05. The molecule has 0 spiro atoms. The number of aromatic hydroxyl groups is 1. The fourth-order valence-electron chi connectivity index (χ4n) is 5.33. The van der Waals surface area contributed by atoms with E-state index in [0.717, 1.165) is 4.90 Å². The molecule has 0 saturated carbocycles. The van der Waals surface area contributed by atoms with Crippen molar-refractivity contribution in [1.82, 2.24) is 5.32 Å². The van der Waals surface area contributed by atoms with E-state index in [1.165, 1.54) is 14.2 Å². The molecule has 9 heteroatoms. The maximum Gasteiger partial charge on any atom is 0.324 e. The summed E-state index contributed by atoms with van der Waals surface area (Å²) < 4.78 is 10.4. The van der Waals surface area contributed by atoms with Gasteiger partial charge in [-0.25, -0.2) is 4.90 Å². The second-order valence-corrected chi connectivity index (χ2v) is 9.11. The second-order valence-electron chi connectivity index (χ2n) is 9.11. The third-order valence-electron chi connectivity index (χ3n) is 6.68. The van der Waals surface area contributed by atoms with Gasteiger partial charge in [-0.1, -0.05) is 26.0 Å². The minimum Gasteiger partial charge on any atom is -0.504 e. The molecule has 0 bridgehead atoms. The van der Waals surface area contributed by atoms with Gasteiger partial charge in [0.1, 0.15) is 11.3 Å². The maximum atomic E-state index is 13.7. The van der Waals surface area contributed by atoms with E-state index in [1.807, 2.05) is 13.8 Å². The molecule has 4 rings (SSSR count). The number of fused-ring (bicyclic) bond motifs is 1. The van der Waals surface area contributed by atoms with Crippen LogP contribution in [-0.2, 0) is 14.4 Å². The third kappa shape index (κ3) is 3.47. The second kappa shape index (κ2) is 8.64. The zero-order valence-electron chi connectivity index (χ0n) is 19.4. The topological polar surface area (TPSA) is 125 Å². The number of para-hydroxylation sites is 1. The number of carbonyl (C=O) groups excluding carboxylic acids is 2. The number of carboxylic acid groups (broad SMARTS) is 1. The summed E-state index contributed by atoms with van der Waals surface area (Å²) >= 11 is 0. The standard InChI is InChI=1S/C25H28N2O7/c1-13(2)12-25(24(31)32)19-18(20(26-25)16-6-5-7-17(34-4)21(16)28)22(29)27(23(19)30)14-8-10-15(33-3)11-9-14/h5-11,13,18-20,26,28H,12H2,1-4H3,(H,31,32)/t18-,19+,20-,25+/m0/s1. The van der Waals surface area contributed by atoms with Gasteiger partial charge in [0.25, 0.3) is 0 Å². The van der Waals surface area contributed by atoms with Crippen molar-refractivity contribution in [2.45, 2.75) is 31.8 Å². The highest BCUT2D eigenvalue weighted by Gasteiger charge is 2.69. The first-order chi connectivity index (χ1) is 16.2. The number of nitrogens with zero attached hydrogens (tertiary/aromatic N) is 1. The van der Waals surface area contributed by atoms with Crippen LogP contribution in [-0.4, -0.2) is 47.8 Å². The summed E-state index contributed by atoms with van der Waals surface area (Å²) in [4.78, 5) is 41.2.